The summed E-state index contributed by atoms with van der Waals surface area (Å²) in [5.41, 5.74) is 1.91. The zero-order valence-electron chi connectivity index (χ0n) is 20.6. The highest BCUT2D eigenvalue weighted by Gasteiger charge is 2.45. The molecule has 2 aromatic carbocycles. The summed E-state index contributed by atoms with van der Waals surface area (Å²) in [6.45, 7) is 3.45. The number of ether oxygens (including phenoxy) is 3. The Morgan fingerprint density at radius 3 is 2.36 bits per heavy atom. The van der Waals surface area contributed by atoms with Gasteiger partial charge in [-0.25, -0.2) is 9.88 Å². The third-order valence-electron chi connectivity index (χ3n) is 5.76. The molecule has 11 heteroatoms. The highest BCUT2D eigenvalue weighted by atomic mass is 32.2. The molecule has 0 spiro atoms. The van der Waals surface area contributed by atoms with Gasteiger partial charge in [0.05, 0.1) is 36.9 Å². The Morgan fingerprint density at radius 2 is 1.78 bits per heavy atom. The van der Waals surface area contributed by atoms with Gasteiger partial charge in [-0.1, -0.05) is 42.4 Å². The van der Waals surface area contributed by atoms with Crippen LogP contribution in [0.3, 0.4) is 0 Å². The standard InChI is InChI=1S/C25H26N4O6S/c1-6-19(30)28-16-11-9-8-10-15(16)21-23(32)26-25(36-5)27-29(21)24(28)14-12-17(33-3)22(18(13-14)34-4)35-20(31)7-2/h8-13,24H,6-7H2,1-5H3. The number of amides is 1. The van der Waals surface area contributed by atoms with Gasteiger partial charge in [-0.3, -0.25) is 9.59 Å². The fraction of sp³-hybridized carbons (Fsp3) is 0.320. The van der Waals surface area contributed by atoms with Crippen molar-refractivity contribution < 1.29 is 33.6 Å². The molecule has 0 aliphatic carbocycles. The van der Waals surface area contributed by atoms with E-state index < -0.39 is 18.0 Å². The van der Waals surface area contributed by atoms with E-state index in [0.717, 1.165) is 0 Å². The van der Waals surface area contributed by atoms with Gasteiger partial charge in [0.25, 0.3) is 17.0 Å². The lowest BCUT2D eigenvalue weighted by Gasteiger charge is -2.33. The third kappa shape index (κ3) is 4.30. The van der Waals surface area contributed by atoms with E-state index >= 15 is 0 Å². The van der Waals surface area contributed by atoms with E-state index in [2.05, 4.69) is 10.1 Å². The third-order valence-corrected chi connectivity index (χ3v) is 6.29. The van der Waals surface area contributed by atoms with Gasteiger partial charge < -0.3 is 19.3 Å². The first-order chi connectivity index (χ1) is 17.4. The summed E-state index contributed by atoms with van der Waals surface area (Å²) in [5.74, 6) is -0.496. The molecule has 4 rings (SSSR count). The molecule has 0 radical (unpaired) electrons. The number of benzene rings is 2. The maximum atomic E-state index is 13.4. The minimum absolute atomic E-state index is 0.127. The Morgan fingerprint density at radius 1 is 1.11 bits per heavy atom. The number of aromatic nitrogens is 3. The molecule has 0 N–H and O–H groups in total. The molecule has 1 unspecified atom stereocenters. The molecular formula is C25H26N4O6S. The predicted molar refractivity (Wildman–Crippen MR) is 130 cm³/mol. The van der Waals surface area contributed by atoms with E-state index in [1.165, 1.54) is 30.7 Å². The van der Waals surface area contributed by atoms with Crippen molar-refractivity contribution in [2.75, 3.05) is 25.4 Å². The van der Waals surface area contributed by atoms with Crippen molar-refractivity contribution in [1.82, 2.24) is 10.1 Å². The van der Waals surface area contributed by atoms with E-state index in [0.29, 0.717) is 16.8 Å². The lowest BCUT2D eigenvalue weighted by molar-refractivity contribution is -0.764. The van der Waals surface area contributed by atoms with Gasteiger partial charge in [-0.05, 0) is 30.5 Å². The predicted octanol–water partition coefficient (Wildman–Crippen LogP) is 2.86. The number of anilines is 1. The molecule has 3 aromatic rings. The summed E-state index contributed by atoms with van der Waals surface area (Å²) in [7, 11) is 2.88. The molecule has 0 saturated carbocycles. The van der Waals surface area contributed by atoms with Crippen LogP contribution in [0.5, 0.6) is 23.1 Å². The summed E-state index contributed by atoms with van der Waals surface area (Å²) in [5, 5.41) is 18.1. The fourth-order valence-electron chi connectivity index (χ4n) is 4.10. The quantitative estimate of drug-likeness (QED) is 0.205. The number of esters is 1. The Labute approximate surface area is 212 Å². The summed E-state index contributed by atoms with van der Waals surface area (Å²) in [6.07, 6.45) is 1.29. The topological polar surface area (TPSA) is 118 Å². The van der Waals surface area contributed by atoms with Crippen LogP contribution in [0.2, 0.25) is 0 Å². The van der Waals surface area contributed by atoms with Crippen molar-refractivity contribution in [3.63, 3.8) is 0 Å². The van der Waals surface area contributed by atoms with Crippen LogP contribution in [-0.2, 0) is 9.59 Å². The minimum Gasteiger partial charge on any atom is -0.854 e. The Balaban J connectivity index is 2.04. The first-order valence-corrected chi connectivity index (χ1v) is 12.5. The molecule has 188 valence electrons. The van der Waals surface area contributed by atoms with Crippen LogP contribution in [0.4, 0.5) is 5.69 Å². The molecule has 0 saturated heterocycles. The number of hydrogen-bond acceptors (Lipinski definition) is 9. The Kier molecular flexibility index (Phi) is 7.30. The second-order valence-electron chi connectivity index (χ2n) is 7.79. The van der Waals surface area contributed by atoms with Crippen molar-refractivity contribution in [2.24, 2.45) is 0 Å². The number of thioether (sulfide) groups is 1. The number of hydrogen-bond donors (Lipinski definition) is 0. The van der Waals surface area contributed by atoms with Crippen LogP contribution in [0.25, 0.3) is 11.3 Å². The molecule has 0 bridgehead atoms. The zero-order chi connectivity index (χ0) is 26.0. The van der Waals surface area contributed by atoms with Gasteiger partial charge in [0.2, 0.25) is 11.7 Å². The SMILES string of the molecule is CCC(=O)Oc1c(OC)cc(C2N(C(=O)CC)c3ccccc3-c3c([O-])nc(SC)n[n+]32)cc1OC. The van der Waals surface area contributed by atoms with Gasteiger partial charge in [0, 0.05) is 17.9 Å². The van der Waals surface area contributed by atoms with E-state index in [1.54, 1.807) is 61.4 Å². The number of rotatable bonds is 7. The number of carbonyl (C=O) groups excluding carboxylic acids is 2. The van der Waals surface area contributed by atoms with Crippen molar-refractivity contribution in [3.05, 3.63) is 42.0 Å². The first-order valence-electron chi connectivity index (χ1n) is 11.3. The average molecular weight is 511 g/mol. The maximum absolute atomic E-state index is 13.4. The van der Waals surface area contributed by atoms with Gasteiger partial charge in [-0.2, -0.15) is 0 Å². The number of nitrogens with zero attached hydrogens (tertiary/aromatic N) is 4. The summed E-state index contributed by atoms with van der Waals surface area (Å²) in [4.78, 5) is 31.1. The molecule has 10 nitrogen and oxygen atoms in total. The molecule has 1 atom stereocenters. The van der Waals surface area contributed by atoms with Crippen LogP contribution in [-0.4, -0.2) is 42.4 Å². The minimum atomic E-state index is -0.859. The van der Waals surface area contributed by atoms with Crippen molar-refractivity contribution in [3.8, 4) is 34.4 Å². The largest absolute Gasteiger partial charge is 0.854 e. The molecule has 1 amide bonds. The smallest absolute Gasteiger partial charge is 0.311 e. The lowest BCUT2D eigenvalue weighted by Crippen LogP contribution is -2.59. The maximum Gasteiger partial charge on any atom is 0.311 e. The highest BCUT2D eigenvalue weighted by molar-refractivity contribution is 7.98. The number of methoxy groups -OCH3 is 2. The molecule has 1 aromatic heterocycles. The van der Waals surface area contributed by atoms with E-state index in [9.17, 15) is 14.7 Å². The second kappa shape index (κ2) is 10.4. The van der Waals surface area contributed by atoms with E-state index in [-0.39, 0.29) is 46.8 Å². The first kappa shape index (κ1) is 25.2. The molecule has 0 fully saturated rings. The van der Waals surface area contributed by atoms with Crippen molar-refractivity contribution in [2.45, 2.75) is 38.0 Å². The molecule has 1 aliphatic heterocycles. The van der Waals surface area contributed by atoms with Gasteiger partial charge in [0.15, 0.2) is 11.5 Å². The summed E-state index contributed by atoms with van der Waals surface area (Å²) in [6, 6.07) is 10.5. The average Bonchev–Trinajstić information content (AvgIpc) is 2.91. The lowest BCUT2D eigenvalue weighted by atomic mass is 10.0. The fourth-order valence-corrected chi connectivity index (χ4v) is 4.44. The zero-order valence-corrected chi connectivity index (χ0v) is 21.4. The number of para-hydroxylation sites is 1. The van der Waals surface area contributed by atoms with Crippen LogP contribution >= 0.6 is 11.8 Å². The Hall–Kier alpha value is -3.86. The van der Waals surface area contributed by atoms with Crippen molar-refractivity contribution >= 4 is 29.3 Å². The monoisotopic (exact) mass is 510 g/mol. The van der Waals surface area contributed by atoms with Gasteiger partial charge in [-0.15, -0.1) is 0 Å². The molecule has 2 heterocycles. The second-order valence-corrected chi connectivity index (χ2v) is 8.56. The van der Waals surface area contributed by atoms with Crippen molar-refractivity contribution in [1.29, 1.82) is 0 Å². The highest BCUT2D eigenvalue weighted by Crippen LogP contribution is 2.45. The summed E-state index contributed by atoms with van der Waals surface area (Å²) >= 11 is 1.22. The number of fused-ring (bicyclic) bond motifs is 3. The van der Waals surface area contributed by atoms with E-state index in [1.807, 2.05) is 0 Å². The molecular weight excluding hydrogens is 484 g/mol. The van der Waals surface area contributed by atoms with Crippen LogP contribution in [0.15, 0.2) is 41.6 Å². The van der Waals surface area contributed by atoms with Crippen LogP contribution in [0, 0.1) is 0 Å². The number of carbonyl (C=O) groups is 2. The molecule has 1 aliphatic rings. The van der Waals surface area contributed by atoms with Crippen LogP contribution in [0.1, 0.15) is 38.4 Å². The van der Waals surface area contributed by atoms with E-state index in [4.69, 9.17) is 14.2 Å². The van der Waals surface area contributed by atoms with Gasteiger partial charge in [0.1, 0.15) is 0 Å². The normalized spacial score (nSPS) is 14.0. The van der Waals surface area contributed by atoms with Gasteiger partial charge >= 0.3 is 5.97 Å². The summed E-state index contributed by atoms with van der Waals surface area (Å²) < 4.78 is 18.1. The van der Waals surface area contributed by atoms with Crippen LogP contribution < -0.4 is 28.9 Å². The molecule has 36 heavy (non-hydrogen) atoms. The Bertz CT molecular complexity index is 1310.